The Bertz CT molecular complexity index is 825. The summed E-state index contributed by atoms with van der Waals surface area (Å²) in [6.45, 7) is 5.88. The fourth-order valence-electron chi connectivity index (χ4n) is 3.50. The zero-order chi connectivity index (χ0) is 18.1. The minimum atomic E-state index is -0.842. The van der Waals surface area contributed by atoms with Gasteiger partial charge in [-0.15, -0.1) is 0 Å². The number of carbonyl (C=O) groups excluding carboxylic acids is 1. The smallest absolute Gasteiger partial charge is 0.308 e. The fourth-order valence-corrected chi connectivity index (χ4v) is 3.50. The van der Waals surface area contributed by atoms with E-state index in [0.29, 0.717) is 18.4 Å². The van der Waals surface area contributed by atoms with Crippen LogP contribution in [0.2, 0.25) is 0 Å². The van der Waals surface area contributed by atoms with E-state index in [9.17, 15) is 14.7 Å². The predicted octanol–water partition coefficient (Wildman–Crippen LogP) is 2.78. The van der Waals surface area contributed by atoms with E-state index in [1.54, 1.807) is 10.9 Å². The third kappa shape index (κ3) is 3.29. The molecule has 1 fully saturated rings. The molecule has 1 aromatic carbocycles. The van der Waals surface area contributed by atoms with Crippen molar-refractivity contribution < 1.29 is 14.7 Å². The van der Waals surface area contributed by atoms with Crippen molar-refractivity contribution in [2.75, 3.05) is 0 Å². The molecule has 0 radical (unpaired) electrons. The van der Waals surface area contributed by atoms with Crippen LogP contribution >= 0.6 is 0 Å². The maximum Gasteiger partial charge on any atom is 0.308 e. The molecule has 0 saturated heterocycles. The van der Waals surface area contributed by atoms with Gasteiger partial charge in [0.25, 0.3) is 5.91 Å². The molecule has 1 heterocycles. The highest BCUT2D eigenvalue weighted by Crippen LogP contribution is 2.26. The SMILES string of the molecule is Cc1ccc(C)c(-n2ncc(C(=O)N[C@@H]3CCC[C@@H]3C(=O)O)c2C)c1. The molecule has 132 valence electrons. The van der Waals surface area contributed by atoms with E-state index in [-0.39, 0.29) is 11.9 Å². The number of carboxylic acids is 1. The average molecular weight is 341 g/mol. The lowest BCUT2D eigenvalue weighted by Gasteiger charge is -2.17. The van der Waals surface area contributed by atoms with Crippen molar-refractivity contribution in [1.29, 1.82) is 0 Å². The topological polar surface area (TPSA) is 84.2 Å². The van der Waals surface area contributed by atoms with Gasteiger partial charge in [0.2, 0.25) is 0 Å². The number of rotatable bonds is 4. The van der Waals surface area contributed by atoms with Crippen molar-refractivity contribution >= 4 is 11.9 Å². The first-order chi connectivity index (χ1) is 11.9. The van der Waals surface area contributed by atoms with Gasteiger partial charge in [-0.05, 0) is 50.8 Å². The molecule has 1 aliphatic rings. The Morgan fingerprint density at radius 1 is 1.24 bits per heavy atom. The molecule has 3 rings (SSSR count). The number of benzene rings is 1. The Hall–Kier alpha value is -2.63. The highest BCUT2D eigenvalue weighted by atomic mass is 16.4. The number of carbonyl (C=O) groups is 2. The monoisotopic (exact) mass is 341 g/mol. The van der Waals surface area contributed by atoms with E-state index in [0.717, 1.165) is 28.9 Å². The van der Waals surface area contributed by atoms with Crippen molar-refractivity contribution in [3.63, 3.8) is 0 Å². The normalized spacial score (nSPS) is 19.8. The third-order valence-corrected chi connectivity index (χ3v) is 5.00. The number of nitrogens with zero attached hydrogens (tertiary/aromatic N) is 2. The van der Waals surface area contributed by atoms with Crippen molar-refractivity contribution in [1.82, 2.24) is 15.1 Å². The molecule has 25 heavy (non-hydrogen) atoms. The van der Waals surface area contributed by atoms with E-state index in [4.69, 9.17) is 0 Å². The number of hydrogen-bond donors (Lipinski definition) is 2. The number of amides is 1. The molecule has 1 aliphatic carbocycles. The molecule has 1 saturated carbocycles. The quantitative estimate of drug-likeness (QED) is 0.895. The third-order valence-electron chi connectivity index (χ3n) is 5.00. The van der Waals surface area contributed by atoms with E-state index >= 15 is 0 Å². The van der Waals surface area contributed by atoms with Crippen molar-refractivity contribution in [2.24, 2.45) is 5.92 Å². The molecule has 2 N–H and O–H groups in total. The van der Waals surface area contributed by atoms with Gasteiger partial charge in [-0.2, -0.15) is 5.10 Å². The summed E-state index contributed by atoms with van der Waals surface area (Å²) in [6, 6.07) is 5.79. The Balaban J connectivity index is 1.84. The second-order valence-electron chi connectivity index (χ2n) is 6.80. The average Bonchev–Trinajstić information content (AvgIpc) is 3.16. The Kier molecular flexibility index (Phi) is 4.61. The van der Waals surface area contributed by atoms with Crippen molar-refractivity contribution in [2.45, 2.75) is 46.1 Å². The molecule has 0 unspecified atom stereocenters. The zero-order valence-corrected chi connectivity index (χ0v) is 14.7. The van der Waals surface area contributed by atoms with Gasteiger partial charge in [-0.3, -0.25) is 9.59 Å². The molecule has 0 bridgehead atoms. The van der Waals surface area contributed by atoms with Gasteiger partial charge in [-0.25, -0.2) is 4.68 Å². The standard InChI is InChI=1S/C19H23N3O3/c1-11-7-8-12(2)17(9-11)22-13(3)15(10-20-22)18(23)21-16-6-4-5-14(16)19(24)25/h7-10,14,16H,4-6H2,1-3H3,(H,21,23)(H,24,25)/t14-,16+/m0/s1. The molecule has 1 aromatic heterocycles. The highest BCUT2D eigenvalue weighted by Gasteiger charge is 2.34. The number of aromatic nitrogens is 2. The maximum atomic E-state index is 12.6. The summed E-state index contributed by atoms with van der Waals surface area (Å²) in [5, 5.41) is 16.5. The minimum absolute atomic E-state index is 0.257. The molecular formula is C19H23N3O3. The maximum absolute atomic E-state index is 12.6. The lowest BCUT2D eigenvalue weighted by Crippen LogP contribution is -2.40. The summed E-state index contributed by atoms with van der Waals surface area (Å²) in [7, 11) is 0. The van der Waals surface area contributed by atoms with Crippen LogP contribution in [0, 0.1) is 26.7 Å². The first-order valence-corrected chi connectivity index (χ1v) is 8.54. The largest absolute Gasteiger partial charge is 0.481 e. The summed E-state index contributed by atoms with van der Waals surface area (Å²) in [4.78, 5) is 23.9. The number of nitrogens with one attached hydrogen (secondary N) is 1. The summed E-state index contributed by atoms with van der Waals surface area (Å²) in [5.74, 6) is -1.60. The first kappa shape index (κ1) is 17.2. The van der Waals surface area contributed by atoms with E-state index in [1.807, 2.05) is 39.0 Å². The molecule has 0 spiro atoms. The number of hydrogen-bond acceptors (Lipinski definition) is 3. The fraction of sp³-hybridized carbons (Fsp3) is 0.421. The first-order valence-electron chi connectivity index (χ1n) is 8.54. The van der Waals surface area contributed by atoms with Crippen molar-refractivity contribution in [3.05, 3.63) is 46.8 Å². The van der Waals surface area contributed by atoms with E-state index < -0.39 is 11.9 Å². The van der Waals surface area contributed by atoms with Gasteiger partial charge in [0, 0.05) is 6.04 Å². The van der Waals surface area contributed by atoms with Gasteiger partial charge >= 0.3 is 5.97 Å². The van der Waals surface area contributed by atoms with Crippen LogP contribution in [0.15, 0.2) is 24.4 Å². The second-order valence-corrected chi connectivity index (χ2v) is 6.80. The van der Waals surface area contributed by atoms with Gasteiger partial charge in [0.05, 0.1) is 29.1 Å². The summed E-state index contributed by atoms with van der Waals surface area (Å²) < 4.78 is 1.76. The Labute approximate surface area is 146 Å². The summed E-state index contributed by atoms with van der Waals surface area (Å²) in [6.07, 6.45) is 3.69. The van der Waals surface area contributed by atoms with Gasteiger partial charge in [-0.1, -0.05) is 18.6 Å². The molecule has 6 nitrogen and oxygen atoms in total. The van der Waals surface area contributed by atoms with Crippen LogP contribution < -0.4 is 5.32 Å². The molecule has 2 atom stereocenters. The van der Waals surface area contributed by atoms with Gasteiger partial charge in [0.1, 0.15) is 0 Å². The highest BCUT2D eigenvalue weighted by molar-refractivity contribution is 5.95. The minimum Gasteiger partial charge on any atom is -0.481 e. The van der Waals surface area contributed by atoms with Crippen molar-refractivity contribution in [3.8, 4) is 5.69 Å². The Morgan fingerprint density at radius 3 is 2.72 bits per heavy atom. The van der Waals surface area contributed by atoms with E-state index in [2.05, 4.69) is 10.4 Å². The van der Waals surface area contributed by atoms with Crippen LogP contribution in [0.1, 0.15) is 46.4 Å². The summed E-state index contributed by atoms with van der Waals surface area (Å²) >= 11 is 0. The lowest BCUT2D eigenvalue weighted by atomic mass is 10.0. The van der Waals surface area contributed by atoms with Crippen LogP contribution in [0.5, 0.6) is 0 Å². The molecule has 1 amide bonds. The van der Waals surface area contributed by atoms with Gasteiger partial charge < -0.3 is 10.4 Å². The molecular weight excluding hydrogens is 318 g/mol. The predicted molar refractivity (Wildman–Crippen MR) is 94.0 cm³/mol. The van der Waals surface area contributed by atoms with E-state index in [1.165, 1.54) is 0 Å². The summed E-state index contributed by atoms with van der Waals surface area (Å²) in [5.41, 5.74) is 4.37. The zero-order valence-electron chi connectivity index (χ0n) is 14.7. The molecule has 0 aliphatic heterocycles. The van der Waals surface area contributed by atoms with Crippen LogP contribution in [0.4, 0.5) is 0 Å². The van der Waals surface area contributed by atoms with Crippen LogP contribution in [0.25, 0.3) is 5.69 Å². The Morgan fingerprint density at radius 2 is 2.00 bits per heavy atom. The molecule has 6 heteroatoms. The van der Waals surface area contributed by atoms with Crippen LogP contribution in [0.3, 0.4) is 0 Å². The van der Waals surface area contributed by atoms with Crippen LogP contribution in [-0.2, 0) is 4.79 Å². The van der Waals surface area contributed by atoms with Gasteiger partial charge in [0.15, 0.2) is 0 Å². The second kappa shape index (κ2) is 6.70. The lowest BCUT2D eigenvalue weighted by molar-refractivity contribution is -0.142. The molecule has 2 aromatic rings. The van der Waals surface area contributed by atoms with Crippen LogP contribution in [-0.4, -0.2) is 32.8 Å². The number of aliphatic carboxylic acids is 1. The number of carboxylic acid groups (broad SMARTS) is 1. The number of aryl methyl sites for hydroxylation is 2.